The minimum Gasteiger partial charge on any atom is -0.435 e. The molecule has 4 atom stereocenters. The molecule has 2 aromatic carbocycles. The van der Waals surface area contributed by atoms with Crippen molar-refractivity contribution < 1.29 is 50.3 Å². The van der Waals surface area contributed by atoms with Gasteiger partial charge in [-0.05, 0) is 33.3 Å². The lowest BCUT2D eigenvalue weighted by atomic mass is 10.1. The average Bonchev–Trinajstić information content (AvgIpc) is 3.72. The molecule has 0 amide bonds. The summed E-state index contributed by atoms with van der Waals surface area (Å²) in [5.74, 6) is 0.109. The first kappa shape index (κ1) is 44.4. The number of anilines is 1. The van der Waals surface area contributed by atoms with Crippen molar-refractivity contribution in [2.75, 3.05) is 12.3 Å². The molecule has 0 saturated carbocycles. The van der Waals surface area contributed by atoms with Gasteiger partial charge in [-0.25, -0.2) is 24.1 Å². The molecule has 20 heteroatoms. The first-order chi connectivity index (χ1) is 26.4. The van der Waals surface area contributed by atoms with E-state index in [0.29, 0.717) is 11.1 Å². The minimum atomic E-state index is -5.01. The van der Waals surface area contributed by atoms with Crippen LogP contribution in [-0.4, -0.2) is 71.8 Å². The van der Waals surface area contributed by atoms with Crippen molar-refractivity contribution in [2.24, 2.45) is 0 Å². The van der Waals surface area contributed by atoms with E-state index in [2.05, 4.69) is 42.6 Å². The van der Waals surface area contributed by atoms with Gasteiger partial charge in [0.1, 0.15) is 30.2 Å². The Bertz CT molecular complexity index is 1890. The third kappa shape index (κ3) is 10.9. The van der Waals surface area contributed by atoms with Crippen molar-refractivity contribution in [1.82, 2.24) is 19.5 Å². The number of nitrogens with two attached hydrogens (primary N) is 1. The van der Waals surface area contributed by atoms with Gasteiger partial charge in [-0.2, -0.15) is 0 Å². The average molecular weight is 851 g/mol. The summed E-state index contributed by atoms with van der Waals surface area (Å²) in [7, 11) is -14.4. The molecular formula is C36H54N5O11P2Si2. The van der Waals surface area contributed by atoms with Crippen molar-refractivity contribution in [3.8, 4) is 0 Å². The standard InChI is InChI=1S/C36H54N5O11P2Si2/c1-24(2)55(25(3)4)52-56(26(5)6,27(7)8)51-32-30(21-46-53(42,43)44)49-36(41-23-40-31-34(37)38-22-39-35(31)41)33(32)50-54(45,47-19-28-15-11-9-12-16-28)48-20-29-17-13-10-14-18-29/h9-18,22-27,30,32-33,36H,19-21H2,1-8H3,(H2,37,38,39)(H2,42,43,44)/t30-,32-,33-,36-/m1/s1. The summed E-state index contributed by atoms with van der Waals surface area (Å²) in [6.45, 7) is 15.8. The van der Waals surface area contributed by atoms with E-state index in [9.17, 15) is 14.4 Å². The molecule has 307 valence electrons. The largest absolute Gasteiger partial charge is 0.475 e. The zero-order valence-corrected chi connectivity index (χ0v) is 36.8. The second kappa shape index (κ2) is 18.9. The van der Waals surface area contributed by atoms with Gasteiger partial charge in [0.2, 0.25) is 9.04 Å². The molecule has 5 rings (SSSR count). The van der Waals surface area contributed by atoms with Gasteiger partial charge in [-0.3, -0.25) is 22.7 Å². The molecule has 0 bridgehead atoms. The molecular weight excluding hydrogens is 797 g/mol. The molecule has 0 spiro atoms. The number of benzene rings is 2. The second-order valence-corrected chi connectivity index (χ2v) is 25.7. The molecule has 0 aliphatic carbocycles. The highest BCUT2D eigenvalue weighted by Crippen LogP contribution is 2.56. The molecule has 1 fully saturated rings. The molecule has 4 aromatic rings. The lowest BCUT2D eigenvalue weighted by Crippen LogP contribution is -2.57. The molecule has 1 aliphatic heterocycles. The SMILES string of the molecule is CC(C)[Si](O[Si](O[C@H]1[C@@H](OP(=O)(OCc2ccccc2)OCc2ccccc2)[C@H](n2cnc3c(N)ncnc32)O[C@@H]1COP(=O)(O)O)(C(C)C)C(C)C)C(C)C. The number of nitrogen functional groups attached to an aromatic ring is 1. The Morgan fingerprint density at radius 2 is 1.38 bits per heavy atom. The number of aromatic nitrogens is 4. The Labute approximate surface area is 331 Å². The predicted octanol–water partition coefficient (Wildman–Crippen LogP) is 7.82. The molecule has 3 heterocycles. The van der Waals surface area contributed by atoms with Gasteiger partial charge < -0.3 is 28.8 Å². The van der Waals surface area contributed by atoms with Crippen molar-refractivity contribution in [2.45, 2.75) is 115 Å². The lowest BCUT2D eigenvalue weighted by molar-refractivity contribution is -0.0522. The van der Waals surface area contributed by atoms with Gasteiger partial charge in [0.05, 0.1) is 26.1 Å². The van der Waals surface area contributed by atoms with Gasteiger partial charge in [0.15, 0.2) is 17.7 Å². The van der Waals surface area contributed by atoms with Gasteiger partial charge >= 0.3 is 24.2 Å². The Kier molecular flexibility index (Phi) is 15.0. The van der Waals surface area contributed by atoms with E-state index in [-0.39, 0.29) is 52.4 Å². The molecule has 0 unspecified atom stereocenters. The molecule has 1 aliphatic rings. The van der Waals surface area contributed by atoms with E-state index in [0.717, 1.165) is 0 Å². The van der Waals surface area contributed by atoms with Crippen molar-refractivity contribution in [3.63, 3.8) is 0 Å². The number of nitrogens with zero attached hydrogens (tertiary/aromatic N) is 4. The highest BCUT2D eigenvalue weighted by molar-refractivity contribution is 7.48. The molecule has 16 nitrogen and oxygen atoms in total. The van der Waals surface area contributed by atoms with Gasteiger partial charge in [-0.1, -0.05) is 116 Å². The summed E-state index contributed by atoms with van der Waals surface area (Å²) >= 11 is 0. The number of phosphoric acid groups is 2. The number of hydrogen-bond donors (Lipinski definition) is 3. The molecule has 2 aromatic heterocycles. The Hall–Kier alpha value is -2.68. The monoisotopic (exact) mass is 850 g/mol. The van der Waals surface area contributed by atoms with E-state index < -0.39 is 64.4 Å². The van der Waals surface area contributed by atoms with Crippen LogP contribution < -0.4 is 5.73 Å². The third-order valence-corrected chi connectivity index (χ3v) is 19.6. The highest BCUT2D eigenvalue weighted by Gasteiger charge is 2.58. The fraction of sp³-hybridized carbons (Fsp3) is 0.528. The lowest BCUT2D eigenvalue weighted by Gasteiger charge is -2.45. The van der Waals surface area contributed by atoms with Crippen molar-refractivity contribution in [3.05, 3.63) is 84.4 Å². The number of hydrogen-bond acceptors (Lipinski definition) is 13. The van der Waals surface area contributed by atoms with E-state index in [1.165, 1.54) is 17.2 Å². The number of phosphoric ester groups is 2. The van der Waals surface area contributed by atoms with Crippen LogP contribution in [0.2, 0.25) is 22.2 Å². The topological polar surface area (TPSA) is 209 Å². The fourth-order valence-corrected chi connectivity index (χ4v) is 17.8. The Morgan fingerprint density at radius 1 is 0.821 bits per heavy atom. The normalized spacial score (nSPS) is 19.8. The van der Waals surface area contributed by atoms with E-state index in [1.54, 1.807) is 0 Å². The van der Waals surface area contributed by atoms with Crippen LogP contribution in [0.25, 0.3) is 11.2 Å². The van der Waals surface area contributed by atoms with Crippen LogP contribution in [0, 0.1) is 0 Å². The third-order valence-electron chi connectivity index (χ3n) is 9.41. The zero-order chi connectivity index (χ0) is 40.8. The van der Waals surface area contributed by atoms with E-state index >= 15 is 4.57 Å². The number of fused-ring (bicyclic) bond motifs is 1. The summed E-state index contributed by atoms with van der Waals surface area (Å²) in [6.07, 6.45) is -2.28. The van der Waals surface area contributed by atoms with Crippen LogP contribution in [0.15, 0.2) is 73.3 Å². The number of rotatable bonds is 20. The van der Waals surface area contributed by atoms with Crippen LogP contribution in [0.4, 0.5) is 5.82 Å². The van der Waals surface area contributed by atoms with Crippen LogP contribution in [-0.2, 0) is 53.7 Å². The van der Waals surface area contributed by atoms with Gasteiger partial charge in [-0.15, -0.1) is 0 Å². The predicted molar refractivity (Wildman–Crippen MR) is 214 cm³/mol. The molecule has 4 N–H and O–H groups in total. The first-order valence-corrected chi connectivity index (χ1v) is 25.1. The summed E-state index contributed by atoms with van der Waals surface area (Å²) in [5, 5.41) is 0. The maximum absolute atomic E-state index is 15.1. The van der Waals surface area contributed by atoms with E-state index in [1.807, 2.05) is 88.4 Å². The molecule has 56 heavy (non-hydrogen) atoms. The summed E-state index contributed by atoms with van der Waals surface area (Å²) in [6, 6.07) is 18.3. The summed E-state index contributed by atoms with van der Waals surface area (Å²) < 4.78 is 73.8. The van der Waals surface area contributed by atoms with Gasteiger partial charge in [0.25, 0.3) is 0 Å². The Morgan fingerprint density at radius 3 is 1.88 bits per heavy atom. The summed E-state index contributed by atoms with van der Waals surface area (Å²) in [5.41, 5.74) is 8.31. The first-order valence-electron chi connectivity index (χ1n) is 18.6. The number of ether oxygens (including phenoxy) is 1. The molecule has 1 saturated heterocycles. The fourth-order valence-electron chi connectivity index (χ4n) is 6.75. The van der Waals surface area contributed by atoms with Crippen LogP contribution >= 0.6 is 15.6 Å². The van der Waals surface area contributed by atoms with Crippen molar-refractivity contribution >= 4 is 50.2 Å². The maximum Gasteiger partial charge on any atom is 0.475 e. The van der Waals surface area contributed by atoms with Crippen LogP contribution in [0.3, 0.4) is 0 Å². The molecule has 1 radical (unpaired) electrons. The van der Waals surface area contributed by atoms with Crippen LogP contribution in [0.5, 0.6) is 0 Å². The summed E-state index contributed by atoms with van der Waals surface area (Å²) in [4.78, 5) is 32.6. The van der Waals surface area contributed by atoms with E-state index in [4.69, 9.17) is 37.1 Å². The van der Waals surface area contributed by atoms with Gasteiger partial charge in [0, 0.05) is 0 Å². The smallest absolute Gasteiger partial charge is 0.435 e. The van der Waals surface area contributed by atoms with Crippen LogP contribution in [0.1, 0.15) is 72.7 Å². The zero-order valence-electron chi connectivity index (χ0n) is 33.0. The maximum atomic E-state index is 15.1. The second-order valence-electron chi connectivity index (χ2n) is 14.9. The van der Waals surface area contributed by atoms with Crippen molar-refractivity contribution in [1.29, 1.82) is 0 Å². The number of imidazole rings is 1. The minimum absolute atomic E-state index is 0.109. The Balaban J connectivity index is 1.67. The quantitative estimate of drug-likeness (QED) is 0.0572. The highest BCUT2D eigenvalue weighted by atomic mass is 31.2.